The largest absolute Gasteiger partial charge is 0.481 e. The van der Waals surface area contributed by atoms with Gasteiger partial charge in [0.25, 0.3) is 0 Å². The number of carbonyl (C=O) groups is 4. The van der Waals surface area contributed by atoms with Crippen LogP contribution >= 0.6 is 11.8 Å². The van der Waals surface area contributed by atoms with Gasteiger partial charge in [-0.2, -0.15) is 20.8 Å². The zero-order valence-corrected chi connectivity index (χ0v) is 50.8. The van der Waals surface area contributed by atoms with Crippen LogP contribution in [0.3, 0.4) is 0 Å². The summed E-state index contributed by atoms with van der Waals surface area (Å²) in [5, 5.41) is 47.0. The third-order valence-corrected chi connectivity index (χ3v) is 15.7. The van der Waals surface area contributed by atoms with Crippen molar-refractivity contribution in [1.29, 1.82) is 10.5 Å². The first-order chi connectivity index (χ1) is 39.4. The van der Waals surface area contributed by atoms with Crippen LogP contribution in [-0.2, 0) is 42.9 Å². The maximum absolute atomic E-state index is 12.6. The standard InChI is InChI=1S/C64H101N5O11S/c1-5-7-9-11-13-15-17-19-21-23-25-27-29-31-33-54(63(72)73)48-60(70)79-45-43-77-40-38-69(56-35-36-58(52(3)47-56)67-68-62-57(50-65)53(4)59(51-66)81-62)37-39-76-41-42-78-44-46-80-61(71)49-55(64(74)75)34-32-30-28-26-24-22-20-18-16-14-12-10-8-6-2/h29-32,35-36,47,54-55,57,62H,5-28,33-34,37-46,48-49H2,1-4H3,(H,72,73)(H,74,75)/b31-29+,32-30+,68-67?. The lowest BCUT2D eigenvalue weighted by atomic mass is 10.0. The molecule has 0 aliphatic carbocycles. The van der Waals surface area contributed by atoms with E-state index in [0.717, 1.165) is 36.9 Å². The Morgan fingerprint density at radius 3 is 1.43 bits per heavy atom. The lowest BCUT2D eigenvalue weighted by Crippen LogP contribution is -2.31. The number of aryl methyl sites for hydroxylation is 1. The number of benzene rings is 1. The molecule has 4 atom stereocenters. The molecule has 1 aromatic carbocycles. The monoisotopic (exact) mass is 1150 g/mol. The van der Waals surface area contributed by atoms with Crippen LogP contribution in [0.4, 0.5) is 11.4 Å². The molecule has 1 aromatic rings. The molecule has 0 amide bonds. The van der Waals surface area contributed by atoms with Crippen molar-refractivity contribution in [2.45, 2.75) is 213 Å². The summed E-state index contributed by atoms with van der Waals surface area (Å²) in [7, 11) is 0. The molecule has 2 rings (SSSR count). The molecule has 0 spiro atoms. The quantitative estimate of drug-likeness (QED) is 0.0267. The Balaban J connectivity index is 1.77. The molecular formula is C64H101N5O11S. The minimum Gasteiger partial charge on any atom is -0.481 e. The van der Waals surface area contributed by atoms with Gasteiger partial charge in [-0.15, -0.1) is 0 Å². The summed E-state index contributed by atoms with van der Waals surface area (Å²) in [5.41, 5.74) is 3.03. The number of nitrogens with zero attached hydrogens (tertiary/aromatic N) is 5. The molecule has 81 heavy (non-hydrogen) atoms. The zero-order chi connectivity index (χ0) is 59.0. The maximum Gasteiger partial charge on any atom is 0.307 e. The van der Waals surface area contributed by atoms with Crippen molar-refractivity contribution in [2.75, 3.05) is 70.8 Å². The van der Waals surface area contributed by atoms with Gasteiger partial charge in [-0.05, 0) is 81.7 Å². The number of nitriles is 2. The summed E-state index contributed by atoms with van der Waals surface area (Å²) in [6, 6.07) is 10.1. The number of anilines is 1. The molecule has 0 radical (unpaired) electrons. The SMILES string of the molecule is CCCCCCCCCCCCC/C=C/CC(CC(=O)OCCOCCOCCN(CCOCCOC(=O)CC(C/C=C/CCCCCCCCCCCCC)C(=O)O)c1ccc(N=NC2SC(C#N)=C(C)C2C#N)c(C)c1)C(=O)O. The highest BCUT2D eigenvalue weighted by molar-refractivity contribution is 8.04. The molecule has 1 aliphatic rings. The van der Waals surface area contributed by atoms with E-state index in [-0.39, 0.29) is 71.9 Å². The van der Waals surface area contributed by atoms with E-state index in [1.165, 1.54) is 140 Å². The summed E-state index contributed by atoms with van der Waals surface area (Å²) in [4.78, 5) is 51.5. The number of esters is 2. The van der Waals surface area contributed by atoms with Crippen LogP contribution in [0.2, 0.25) is 0 Å². The molecule has 16 nitrogen and oxygen atoms in total. The molecule has 0 bridgehead atoms. The second-order valence-corrected chi connectivity index (χ2v) is 22.4. The molecule has 0 saturated carbocycles. The fraction of sp³-hybridized carbons (Fsp3) is 0.719. The summed E-state index contributed by atoms with van der Waals surface area (Å²) in [6.07, 6.45) is 37.8. The van der Waals surface area contributed by atoms with E-state index in [4.69, 9.17) is 23.7 Å². The molecule has 1 aliphatic heterocycles. The Morgan fingerprint density at radius 2 is 1.02 bits per heavy atom. The van der Waals surface area contributed by atoms with Crippen molar-refractivity contribution in [2.24, 2.45) is 28.0 Å². The van der Waals surface area contributed by atoms with E-state index in [2.05, 4.69) is 41.1 Å². The van der Waals surface area contributed by atoms with Gasteiger partial charge in [-0.3, -0.25) is 19.2 Å². The Labute approximate surface area is 490 Å². The number of rotatable bonds is 52. The van der Waals surface area contributed by atoms with Crippen molar-refractivity contribution < 1.29 is 53.1 Å². The number of allylic oxidation sites excluding steroid dienone is 5. The minimum absolute atomic E-state index is 0.00237. The van der Waals surface area contributed by atoms with Crippen LogP contribution in [0.1, 0.15) is 206 Å². The number of hydrogen-bond donors (Lipinski definition) is 2. The van der Waals surface area contributed by atoms with Crippen LogP contribution < -0.4 is 4.90 Å². The predicted molar refractivity (Wildman–Crippen MR) is 322 cm³/mol. The topological polar surface area (TPSA) is 230 Å². The second kappa shape index (κ2) is 48.5. The van der Waals surface area contributed by atoms with Gasteiger partial charge in [0.05, 0.1) is 81.0 Å². The summed E-state index contributed by atoms with van der Waals surface area (Å²) >= 11 is 1.24. The van der Waals surface area contributed by atoms with Crippen molar-refractivity contribution in [3.8, 4) is 12.1 Å². The highest BCUT2D eigenvalue weighted by Gasteiger charge is 2.34. The van der Waals surface area contributed by atoms with Gasteiger partial charge >= 0.3 is 23.9 Å². The number of ether oxygens (including phenoxy) is 5. The second-order valence-electron chi connectivity index (χ2n) is 21.2. The summed E-state index contributed by atoms with van der Waals surface area (Å²) in [6.45, 7) is 10.5. The van der Waals surface area contributed by atoms with Gasteiger partial charge in [-0.25, -0.2) is 0 Å². The van der Waals surface area contributed by atoms with Gasteiger partial charge in [0, 0.05) is 18.8 Å². The maximum atomic E-state index is 12.6. The molecule has 0 fully saturated rings. The van der Waals surface area contributed by atoms with Crippen LogP contribution in [0.15, 0.2) is 63.2 Å². The van der Waals surface area contributed by atoms with E-state index in [9.17, 15) is 39.9 Å². The molecule has 1 heterocycles. The van der Waals surface area contributed by atoms with Crippen LogP contribution in [-0.4, -0.2) is 105 Å². The smallest absolute Gasteiger partial charge is 0.307 e. The van der Waals surface area contributed by atoms with Crippen LogP contribution in [0.5, 0.6) is 0 Å². The van der Waals surface area contributed by atoms with Crippen molar-refractivity contribution in [3.05, 3.63) is 58.5 Å². The van der Waals surface area contributed by atoms with E-state index in [1.807, 2.05) is 49.4 Å². The van der Waals surface area contributed by atoms with Crippen molar-refractivity contribution in [1.82, 2.24) is 0 Å². The highest BCUT2D eigenvalue weighted by Crippen LogP contribution is 2.42. The third kappa shape index (κ3) is 35.5. The van der Waals surface area contributed by atoms with Crippen LogP contribution in [0, 0.1) is 47.3 Å². The number of thioether (sulfide) groups is 1. The normalized spacial score (nSPS) is 15.1. The number of hydrogen-bond acceptors (Lipinski definition) is 15. The van der Waals surface area contributed by atoms with E-state index >= 15 is 0 Å². The summed E-state index contributed by atoms with van der Waals surface area (Å²) in [5.74, 6) is -5.46. The van der Waals surface area contributed by atoms with Crippen molar-refractivity contribution in [3.63, 3.8) is 0 Å². The lowest BCUT2D eigenvalue weighted by molar-refractivity contribution is -0.152. The Kier molecular flexibility index (Phi) is 43.1. The Morgan fingerprint density at radius 1 is 0.605 bits per heavy atom. The number of azo groups is 1. The first-order valence-electron chi connectivity index (χ1n) is 30.7. The molecular weight excluding hydrogens is 1050 g/mol. The molecule has 454 valence electrons. The van der Waals surface area contributed by atoms with Gasteiger partial charge in [-0.1, -0.05) is 178 Å². The zero-order valence-electron chi connectivity index (χ0n) is 49.9. The van der Waals surface area contributed by atoms with Gasteiger partial charge in [0.15, 0.2) is 0 Å². The fourth-order valence-electron chi connectivity index (χ4n) is 9.31. The molecule has 0 saturated heterocycles. The first-order valence-corrected chi connectivity index (χ1v) is 31.6. The highest BCUT2D eigenvalue weighted by atomic mass is 32.2. The number of aliphatic carboxylic acids is 2. The average molecular weight is 1150 g/mol. The van der Waals surface area contributed by atoms with E-state index in [0.29, 0.717) is 35.9 Å². The minimum atomic E-state index is -1.03. The number of carboxylic acid groups (broad SMARTS) is 2. The Bertz CT molecular complexity index is 2100. The fourth-order valence-corrected chi connectivity index (χ4v) is 10.4. The van der Waals surface area contributed by atoms with Crippen LogP contribution in [0.25, 0.3) is 0 Å². The number of unbranched alkanes of at least 4 members (excludes halogenated alkanes) is 22. The molecule has 4 unspecified atom stereocenters. The van der Waals surface area contributed by atoms with Crippen molar-refractivity contribution >= 4 is 47.0 Å². The summed E-state index contributed by atoms with van der Waals surface area (Å²) < 4.78 is 28.0. The van der Waals surface area contributed by atoms with Gasteiger partial charge < -0.3 is 38.8 Å². The first kappa shape index (κ1) is 72.0. The Hall–Kier alpha value is -5.07. The molecule has 0 aromatic heterocycles. The average Bonchev–Trinajstić information content (AvgIpc) is 3.86. The predicted octanol–water partition coefficient (Wildman–Crippen LogP) is 15.5. The third-order valence-electron chi connectivity index (χ3n) is 14.4. The van der Waals surface area contributed by atoms with E-state index in [1.54, 1.807) is 6.92 Å². The number of carboxylic acids is 2. The number of carbonyl (C=O) groups excluding carboxylic acids is 2. The molecule has 17 heteroatoms. The van der Waals surface area contributed by atoms with E-state index < -0.39 is 47.0 Å². The molecule has 2 N–H and O–H groups in total. The van der Waals surface area contributed by atoms with Gasteiger partial charge in [0.2, 0.25) is 0 Å². The van der Waals surface area contributed by atoms with Gasteiger partial charge in [0.1, 0.15) is 30.6 Å². The lowest BCUT2D eigenvalue weighted by Gasteiger charge is -2.25.